The summed E-state index contributed by atoms with van der Waals surface area (Å²) >= 11 is 2.04. The first-order valence-electron chi connectivity index (χ1n) is 5.26. The van der Waals surface area contributed by atoms with Crippen molar-refractivity contribution < 1.29 is 19.6 Å². The van der Waals surface area contributed by atoms with E-state index in [-0.39, 0.29) is 12.1 Å². The number of nitro benzene ring substituents is 1. The monoisotopic (exact) mass is 313 g/mol. The fourth-order valence-corrected chi connectivity index (χ4v) is 1.84. The number of ether oxygens (including phenoxy) is 1. The van der Waals surface area contributed by atoms with Crippen LogP contribution in [0.15, 0.2) is 18.2 Å². The van der Waals surface area contributed by atoms with Crippen LogP contribution in [0.3, 0.4) is 0 Å². The Bertz CT molecular complexity index is 463. The summed E-state index contributed by atoms with van der Waals surface area (Å²) < 4.78 is 4.65. The third-order valence-electron chi connectivity index (χ3n) is 2.25. The van der Waals surface area contributed by atoms with Crippen LogP contribution in [0.4, 0.5) is 5.69 Å². The first kappa shape index (κ1) is 14.5. The van der Waals surface area contributed by atoms with Crippen molar-refractivity contribution in [1.29, 1.82) is 0 Å². The standard InChI is InChI=1S/C11H12AsNO5/c1-2-18-10-4-3-8(13(16)17)5-7(10)6-9(12)11(14)15/h3-5,9H,2,6H2,1H3,(H,14,15). The number of carboxylic acids is 1. The molecule has 0 amide bonds. The van der Waals surface area contributed by atoms with Gasteiger partial charge in [-0.25, -0.2) is 0 Å². The van der Waals surface area contributed by atoms with Gasteiger partial charge in [0.1, 0.15) is 0 Å². The molecule has 0 aliphatic rings. The summed E-state index contributed by atoms with van der Waals surface area (Å²) in [5, 5.41) is 19.5. The van der Waals surface area contributed by atoms with Gasteiger partial charge in [0.25, 0.3) is 0 Å². The van der Waals surface area contributed by atoms with Crippen molar-refractivity contribution in [3.63, 3.8) is 0 Å². The van der Waals surface area contributed by atoms with E-state index in [1.165, 1.54) is 18.2 Å². The summed E-state index contributed by atoms with van der Waals surface area (Å²) in [5.41, 5.74) is 0.456. The number of carboxylic acid groups (broad SMARTS) is 1. The predicted molar refractivity (Wildman–Crippen MR) is 65.1 cm³/mol. The van der Waals surface area contributed by atoms with Crippen molar-refractivity contribution in [3.05, 3.63) is 33.9 Å². The molecule has 0 spiro atoms. The SMILES string of the molecule is CCOc1ccc([N+](=O)[O-])cc1CC([As])C(=O)O. The molecular weight excluding hydrogens is 301 g/mol. The zero-order chi connectivity index (χ0) is 13.7. The Hall–Kier alpha value is -1.55. The number of rotatable bonds is 6. The number of carbonyl (C=O) groups is 1. The van der Waals surface area contributed by atoms with Crippen LogP contribution in [-0.2, 0) is 11.2 Å². The molecule has 0 aliphatic carbocycles. The molecule has 96 valence electrons. The zero-order valence-corrected chi connectivity index (χ0v) is 11.6. The van der Waals surface area contributed by atoms with E-state index in [1.807, 2.05) is 16.9 Å². The summed E-state index contributed by atoms with van der Waals surface area (Å²) in [5.74, 6) is -0.482. The van der Waals surface area contributed by atoms with Crippen molar-refractivity contribution >= 4 is 28.5 Å². The van der Waals surface area contributed by atoms with Crippen molar-refractivity contribution in [3.8, 4) is 5.75 Å². The Morgan fingerprint density at radius 3 is 2.78 bits per heavy atom. The summed E-state index contributed by atoms with van der Waals surface area (Å²) in [4.78, 5) is 21.0. The molecule has 0 aliphatic heterocycles. The minimum absolute atomic E-state index is 0.0708. The van der Waals surface area contributed by atoms with Crippen LogP contribution in [-0.4, -0.2) is 39.5 Å². The fraction of sp³-hybridized carbons (Fsp3) is 0.364. The second kappa shape index (κ2) is 6.40. The van der Waals surface area contributed by atoms with Gasteiger partial charge in [0.15, 0.2) is 0 Å². The van der Waals surface area contributed by atoms with Gasteiger partial charge in [-0.15, -0.1) is 0 Å². The first-order valence-corrected chi connectivity index (χ1v) is 6.35. The van der Waals surface area contributed by atoms with Crippen LogP contribution in [0.1, 0.15) is 12.5 Å². The molecular formula is C11H12AsNO5. The number of nitro groups is 1. The van der Waals surface area contributed by atoms with Crippen LogP contribution >= 0.6 is 0 Å². The molecule has 0 saturated heterocycles. The third-order valence-corrected chi connectivity index (χ3v) is 3.10. The molecule has 0 aromatic heterocycles. The first-order chi connectivity index (χ1) is 8.45. The van der Waals surface area contributed by atoms with Crippen molar-refractivity contribution in [2.45, 2.75) is 18.1 Å². The third kappa shape index (κ3) is 3.74. The topological polar surface area (TPSA) is 89.7 Å². The van der Waals surface area contributed by atoms with Gasteiger partial charge in [-0.2, -0.15) is 0 Å². The molecule has 1 unspecified atom stereocenters. The molecule has 0 heterocycles. The van der Waals surface area contributed by atoms with Crippen LogP contribution in [0, 0.1) is 10.1 Å². The van der Waals surface area contributed by atoms with Gasteiger partial charge in [-0.3, -0.25) is 0 Å². The van der Waals surface area contributed by atoms with E-state index >= 15 is 0 Å². The second-order valence-corrected chi connectivity index (χ2v) is 4.85. The van der Waals surface area contributed by atoms with Gasteiger partial charge >= 0.3 is 112 Å². The molecule has 1 N–H and O–H groups in total. The van der Waals surface area contributed by atoms with E-state index in [4.69, 9.17) is 9.84 Å². The predicted octanol–water partition coefficient (Wildman–Crippen LogP) is 1.58. The number of non-ortho nitro benzene ring substituents is 1. The number of aliphatic carboxylic acids is 1. The number of benzene rings is 1. The second-order valence-electron chi connectivity index (χ2n) is 3.54. The van der Waals surface area contributed by atoms with Gasteiger partial charge in [0.2, 0.25) is 0 Å². The molecule has 1 aromatic rings. The maximum absolute atomic E-state index is 10.8. The molecule has 1 rings (SSSR count). The quantitative estimate of drug-likeness (QED) is 0.489. The molecule has 0 saturated carbocycles. The van der Waals surface area contributed by atoms with Crippen molar-refractivity contribution in [2.75, 3.05) is 6.61 Å². The van der Waals surface area contributed by atoms with Gasteiger partial charge in [-0.1, -0.05) is 0 Å². The Labute approximate surface area is 113 Å². The van der Waals surface area contributed by atoms with Gasteiger partial charge in [-0.05, 0) is 0 Å². The number of nitrogens with zero attached hydrogens (tertiary/aromatic N) is 1. The molecule has 0 bridgehead atoms. The minimum atomic E-state index is -0.969. The van der Waals surface area contributed by atoms with Crippen LogP contribution in [0.2, 0.25) is 4.71 Å². The average molecular weight is 313 g/mol. The van der Waals surface area contributed by atoms with E-state index in [1.54, 1.807) is 6.92 Å². The van der Waals surface area contributed by atoms with Crippen LogP contribution < -0.4 is 4.74 Å². The Morgan fingerprint density at radius 1 is 1.61 bits per heavy atom. The van der Waals surface area contributed by atoms with Gasteiger partial charge in [0, 0.05) is 0 Å². The summed E-state index contributed by atoms with van der Waals surface area (Å²) in [7, 11) is 0. The van der Waals surface area contributed by atoms with E-state index in [0.29, 0.717) is 17.9 Å². The van der Waals surface area contributed by atoms with E-state index < -0.39 is 15.6 Å². The normalized spacial score (nSPS) is 11.9. The summed E-state index contributed by atoms with van der Waals surface area (Å²) in [6.45, 7) is 2.21. The number of hydrogen-bond donors (Lipinski definition) is 1. The average Bonchev–Trinajstić information content (AvgIpc) is 2.31. The zero-order valence-electron chi connectivity index (χ0n) is 9.70. The summed E-state index contributed by atoms with van der Waals surface area (Å²) in [6, 6.07) is 4.20. The Morgan fingerprint density at radius 2 is 2.28 bits per heavy atom. The molecule has 1 atom stereocenters. The van der Waals surface area contributed by atoms with Gasteiger partial charge in [0.05, 0.1) is 0 Å². The van der Waals surface area contributed by atoms with Crippen molar-refractivity contribution in [1.82, 2.24) is 0 Å². The van der Waals surface area contributed by atoms with Crippen LogP contribution in [0.25, 0.3) is 0 Å². The molecule has 1 aromatic carbocycles. The van der Waals surface area contributed by atoms with E-state index in [2.05, 4.69) is 0 Å². The Balaban J connectivity index is 3.06. The molecule has 7 heteroatoms. The molecule has 18 heavy (non-hydrogen) atoms. The van der Waals surface area contributed by atoms with Crippen molar-refractivity contribution in [2.24, 2.45) is 0 Å². The van der Waals surface area contributed by atoms with Gasteiger partial charge < -0.3 is 0 Å². The molecule has 2 radical (unpaired) electrons. The van der Waals surface area contributed by atoms with E-state index in [0.717, 1.165) is 0 Å². The fourth-order valence-electron chi connectivity index (χ4n) is 1.43. The molecule has 0 fully saturated rings. The summed E-state index contributed by atoms with van der Waals surface area (Å²) in [6.07, 6.45) is 0.173. The Kier molecular flexibility index (Phi) is 5.16. The van der Waals surface area contributed by atoms with E-state index in [9.17, 15) is 14.9 Å². The molecule has 6 nitrogen and oxygen atoms in total. The number of hydrogen-bond acceptors (Lipinski definition) is 4. The van der Waals surface area contributed by atoms with Crippen LogP contribution in [0.5, 0.6) is 5.75 Å². The maximum atomic E-state index is 10.8.